The number of cyclic esters (lactones) is 1. The highest BCUT2D eigenvalue weighted by Gasteiger charge is 2.19. The van der Waals surface area contributed by atoms with E-state index in [2.05, 4.69) is 10.5 Å². The molecule has 3 nitrogen and oxygen atoms in total. The zero-order valence-corrected chi connectivity index (χ0v) is 4.89. The monoisotopic (exact) mass is 135 g/mol. The van der Waals surface area contributed by atoms with Crippen molar-refractivity contribution >= 4 is 5.97 Å². The highest BCUT2D eigenvalue weighted by Crippen LogP contribution is 1.94. The molecule has 1 heterocycles. The first-order valence-corrected chi connectivity index (χ1v) is 2.01. The molecule has 0 saturated carbocycles. The maximum atomic E-state index is 10.2. The zero-order valence-electron chi connectivity index (χ0n) is 4.13. The van der Waals surface area contributed by atoms with Crippen molar-refractivity contribution in [2.24, 2.45) is 0 Å². The number of carbonyl (C=O) groups is 1. The van der Waals surface area contributed by atoms with Crippen molar-refractivity contribution in [3.63, 3.8) is 0 Å². The number of halogens is 1. The predicted molar refractivity (Wildman–Crippen MR) is 21.9 cm³/mol. The molecule has 0 aliphatic carbocycles. The highest BCUT2D eigenvalue weighted by molar-refractivity contribution is 5.78. The van der Waals surface area contributed by atoms with Gasteiger partial charge in [-0.15, -0.1) is 0 Å². The molecule has 0 aromatic heterocycles. The summed E-state index contributed by atoms with van der Waals surface area (Å²) in [6.07, 6.45) is 2.97. The number of hydrogen-bond donors (Lipinski definition) is 1. The third-order valence-electron chi connectivity index (χ3n) is 0.798. The Labute approximate surface area is 52.9 Å². The summed E-state index contributed by atoms with van der Waals surface area (Å²) < 4.78 is 4.38. The smallest absolute Gasteiger partial charge is 0.374 e. The van der Waals surface area contributed by atoms with Crippen LogP contribution in [0.1, 0.15) is 0 Å². The molecule has 1 unspecified atom stereocenters. The van der Waals surface area contributed by atoms with Crippen molar-refractivity contribution in [2.45, 2.75) is 6.04 Å². The SMILES string of the molecule is [Cl-].[NH3+]C1C=COC1=O. The van der Waals surface area contributed by atoms with Crippen LogP contribution in [0, 0.1) is 0 Å². The summed E-state index contributed by atoms with van der Waals surface area (Å²) in [6.45, 7) is 0. The second-order valence-corrected chi connectivity index (χ2v) is 1.37. The van der Waals surface area contributed by atoms with Crippen LogP contribution in [0.25, 0.3) is 0 Å². The second kappa shape index (κ2) is 2.69. The minimum Gasteiger partial charge on any atom is -1.00 e. The topological polar surface area (TPSA) is 53.9 Å². The van der Waals surface area contributed by atoms with Crippen LogP contribution >= 0.6 is 0 Å². The van der Waals surface area contributed by atoms with E-state index in [1.165, 1.54) is 6.26 Å². The van der Waals surface area contributed by atoms with E-state index < -0.39 is 0 Å². The summed E-state index contributed by atoms with van der Waals surface area (Å²) in [6, 6.07) is -0.278. The minimum absolute atomic E-state index is 0. The molecular formula is C4H6ClNO2. The van der Waals surface area contributed by atoms with Crippen molar-refractivity contribution in [3.8, 4) is 0 Å². The first-order valence-electron chi connectivity index (χ1n) is 2.01. The Morgan fingerprint density at radius 1 is 1.75 bits per heavy atom. The van der Waals surface area contributed by atoms with Crippen LogP contribution in [0.3, 0.4) is 0 Å². The Bertz CT molecular complexity index is 123. The lowest BCUT2D eigenvalue weighted by atomic mass is 10.3. The number of carbonyl (C=O) groups excluding carboxylic acids is 1. The normalized spacial score (nSPS) is 24.6. The van der Waals surface area contributed by atoms with Crippen molar-refractivity contribution in [1.29, 1.82) is 0 Å². The summed E-state index contributed by atoms with van der Waals surface area (Å²) >= 11 is 0. The summed E-state index contributed by atoms with van der Waals surface area (Å²) in [5.74, 6) is -0.264. The molecule has 0 radical (unpaired) electrons. The first kappa shape index (κ1) is 7.46. The molecule has 0 fully saturated rings. The zero-order chi connectivity index (χ0) is 5.28. The fourth-order valence-corrected chi connectivity index (χ4v) is 0.367. The first-order chi connectivity index (χ1) is 3.30. The van der Waals surface area contributed by atoms with E-state index in [0.717, 1.165) is 0 Å². The lowest BCUT2D eigenvalue weighted by molar-refractivity contribution is -0.389. The molecule has 0 aromatic rings. The van der Waals surface area contributed by atoms with Crippen LogP contribution in [-0.4, -0.2) is 12.0 Å². The number of hydrogen-bond acceptors (Lipinski definition) is 2. The lowest BCUT2D eigenvalue weighted by Crippen LogP contribution is -3.00. The summed E-state index contributed by atoms with van der Waals surface area (Å²) in [4.78, 5) is 10.2. The molecule has 0 saturated heterocycles. The van der Waals surface area contributed by atoms with Crippen molar-refractivity contribution in [3.05, 3.63) is 12.3 Å². The van der Waals surface area contributed by atoms with Gasteiger partial charge in [-0.1, -0.05) is 0 Å². The Morgan fingerprint density at radius 3 is 2.50 bits per heavy atom. The van der Waals surface area contributed by atoms with E-state index in [4.69, 9.17) is 0 Å². The van der Waals surface area contributed by atoms with Gasteiger partial charge < -0.3 is 22.9 Å². The standard InChI is InChI=1S/C4H5NO2.ClH/c5-3-1-2-7-4(3)6;/h1-3H,5H2;1H. The fraction of sp³-hybridized carbons (Fsp3) is 0.250. The van der Waals surface area contributed by atoms with Gasteiger partial charge in [-0.25, -0.2) is 4.79 Å². The van der Waals surface area contributed by atoms with Crippen molar-refractivity contribution in [2.75, 3.05) is 0 Å². The number of quaternary nitrogens is 1. The van der Waals surface area contributed by atoms with Crippen LogP contribution in [0.2, 0.25) is 0 Å². The average Bonchev–Trinajstić information content (AvgIpc) is 1.91. The number of esters is 1. The molecule has 1 atom stereocenters. The average molecular weight is 136 g/mol. The largest absolute Gasteiger partial charge is 1.00 e. The molecule has 1 aliphatic rings. The van der Waals surface area contributed by atoms with Crippen LogP contribution in [0.4, 0.5) is 0 Å². The Kier molecular flexibility index (Phi) is 2.51. The van der Waals surface area contributed by atoms with Gasteiger partial charge in [0.1, 0.15) is 0 Å². The van der Waals surface area contributed by atoms with Crippen LogP contribution in [-0.2, 0) is 9.53 Å². The number of rotatable bonds is 0. The van der Waals surface area contributed by atoms with Gasteiger partial charge in [0.05, 0.1) is 6.26 Å². The van der Waals surface area contributed by atoms with Gasteiger partial charge in [-0.05, 0) is 0 Å². The number of ether oxygens (including phenoxy) is 1. The van der Waals surface area contributed by atoms with Gasteiger partial charge >= 0.3 is 5.97 Å². The third-order valence-corrected chi connectivity index (χ3v) is 0.798. The molecule has 0 aromatic carbocycles. The van der Waals surface area contributed by atoms with Gasteiger partial charge in [0.15, 0.2) is 0 Å². The molecule has 3 N–H and O–H groups in total. The molecule has 4 heteroatoms. The van der Waals surface area contributed by atoms with Gasteiger partial charge in [-0.2, -0.15) is 0 Å². The maximum absolute atomic E-state index is 10.2. The van der Waals surface area contributed by atoms with Gasteiger partial charge in [-0.3, -0.25) is 0 Å². The van der Waals surface area contributed by atoms with Crippen LogP contribution in [0.15, 0.2) is 12.3 Å². The van der Waals surface area contributed by atoms with Gasteiger partial charge in [0.25, 0.3) is 0 Å². The molecule has 0 bridgehead atoms. The van der Waals surface area contributed by atoms with E-state index in [1.807, 2.05) is 0 Å². The van der Waals surface area contributed by atoms with E-state index in [-0.39, 0.29) is 24.4 Å². The highest BCUT2D eigenvalue weighted by atomic mass is 35.5. The minimum atomic E-state index is -0.278. The molecule has 1 rings (SSSR count). The molecule has 8 heavy (non-hydrogen) atoms. The quantitative estimate of drug-likeness (QED) is 0.342. The van der Waals surface area contributed by atoms with E-state index in [1.54, 1.807) is 6.08 Å². The predicted octanol–water partition coefficient (Wildman–Crippen LogP) is -4.33. The molecular weight excluding hydrogens is 130 g/mol. The van der Waals surface area contributed by atoms with Gasteiger partial charge in [0.2, 0.25) is 6.04 Å². The molecule has 0 spiro atoms. The maximum Gasteiger partial charge on any atom is 0.374 e. The van der Waals surface area contributed by atoms with E-state index in [9.17, 15) is 4.79 Å². The Hall–Kier alpha value is -0.540. The van der Waals surface area contributed by atoms with Crippen LogP contribution in [0.5, 0.6) is 0 Å². The Balaban J connectivity index is 0.000000490. The molecule has 1 aliphatic heterocycles. The van der Waals surface area contributed by atoms with Crippen LogP contribution < -0.4 is 18.1 Å². The van der Waals surface area contributed by atoms with Crippen molar-refractivity contribution in [1.82, 2.24) is 0 Å². The lowest BCUT2D eigenvalue weighted by Gasteiger charge is -1.86. The van der Waals surface area contributed by atoms with E-state index in [0.29, 0.717) is 0 Å². The Morgan fingerprint density at radius 2 is 2.38 bits per heavy atom. The summed E-state index contributed by atoms with van der Waals surface area (Å²) in [5, 5.41) is 0. The van der Waals surface area contributed by atoms with Crippen molar-refractivity contribution < 1.29 is 27.7 Å². The summed E-state index contributed by atoms with van der Waals surface area (Å²) in [5.41, 5.74) is 3.46. The molecule has 46 valence electrons. The van der Waals surface area contributed by atoms with Gasteiger partial charge in [0, 0.05) is 6.08 Å². The summed E-state index contributed by atoms with van der Waals surface area (Å²) in [7, 11) is 0. The molecule has 0 amide bonds. The second-order valence-electron chi connectivity index (χ2n) is 1.37. The van der Waals surface area contributed by atoms with E-state index >= 15 is 0 Å². The third kappa shape index (κ3) is 1.21. The fourth-order valence-electron chi connectivity index (χ4n) is 0.367.